The molecule has 0 aliphatic carbocycles. The zero-order chi connectivity index (χ0) is 17.1. The van der Waals surface area contributed by atoms with Gasteiger partial charge in [-0.3, -0.25) is 9.69 Å². The van der Waals surface area contributed by atoms with Crippen molar-refractivity contribution in [3.63, 3.8) is 0 Å². The Bertz CT molecular complexity index is 780. The standard InChI is InChI=1S/C18H21N3O2S/c1-13(18-19-15-8-4-5-9-16(15)24-18)21(3)17(22)12-20(2)11-14-7-6-10-23-14/h4-10,13H,11-12H2,1-3H3/t13-/m1/s1. The highest BCUT2D eigenvalue weighted by atomic mass is 32.1. The van der Waals surface area contributed by atoms with E-state index in [1.807, 2.05) is 56.3 Å². The molecule has 0 aliphatic heterocycles. The largest absolute Gasteiger partial charge is 0.468 e. The van der Waals surface area contributed by atoms with E-state index in [1.165, 1.54) is 0 Å². The highest BCUT2D eigenvalue weighted by Crippen LogP contribution is 2.28. The summed E-state index contributed by atoms with van der Waals surface area (Å²) in [6.07, 6.45) is 1.65. The maximum Gasteiger partial charge on any atom is 0.237 e. The topological polar surface area (TPSA) is 49.6 Å². The van der Waals surface area contributed by atoms with Crippen molar-refractivity contribution in [2.75, 3.05) is 20.6 Å². The number of amides is 1. The molecule has 0 saturated heterocycles. The number of rotatable bonds is 6. The minimum atomic E-state index is -0.0492. The molecule has 3 aromatic rings. The first-order valence-corrected chi connectivity index (χ1v) is 8.68. The van der Waals surface area contributed by atoms with Gasteiger partial charge in [-0.1, -0.05) is 12.1 Å². The third-order valence-corrected chi connectivity index (χ3v) is 5.26. The zero-order valence-corrected chi connectivity index (χ0v) is 14.9. The van der Waals surface area contributed by atoms with Crippen LogP contribution < -0.4 is 0 Å². The molecule has 0 radical (unpaired) electrons. The third kappa shape index (κ3) is 3.66. The van der Waals surface area contributed by atoms with Crippen LogP contribution >= 0.6 is 11.3 Å². The van der Waals surface area contributed by atoms with Crippen molar-refractivity contribution >= 4 is 27.5 Å². The molecule has 0 fully saturated rings. The van der Waals surface area contributed by atoms with Crippen LogP contribution in [0.3, 0.4) is 0 Å². The van der Waals surface area contributed by atoms with Crippen LogP contribution in [0.5, 0.6) is 0 Å². The summed E-state index contributed by atoms with van der Waals surface area (Å²) in [7, 11) is 3.75. The zero-order valence-electron chi connectivity index (χ0n) is 14.1. The van der Waals surface area contributed by atoms with Crippen molar-refractivity contribution in [2.24, 2.45) is 0 Å². The van der Waals surface area contributed by atoms with Crippen molar-refractivity contribution in [1.82, 2.24) is 14.8 Å². The van der Waals surface area contributed by atoms with E-state index < -0.39 is 0 Å². The van der Waals surface area contributed by atoms with Gasteiger partial charge in [0.2, 0.25) is 5.91 Å². The summed E-state index contributed by atoms with van der Waals surface area (Å²) < 4.78 is 6.47. The van der Waals surface area contributed by atoms with E-state index in [0.29, 0.717) is 13.1 Å². The molecule has 0 spiro atoms. The Balaban J connectivity index is 1.63. The molecule has 0 saturated carbocycles. The molecule has 0 N–H and O–H groups in total. The number of thiazole rings is 1. The summed E-state index contributed by atoms with van der Waals surface area (Å²) in [6.45, 7) is 2.97. The molecule has 0 bridgehead atoms. The Hall–Kier alpha value is -2.18. The van der Waals surface area contributed by atoms with Gasteiger partial charge in [0.25, 0.3) is 0 Å². The maximum absolute atomic E-state index is 12.5. The maximum atomic E-state index is 12.5. The van der Waals surface area contributed by atoms with E-state index in [4.69, 9.17) is 4.42 Å². The fourth-order valence-corrected chi connectivity index (χ4v) is 3.58. The molecule has 1 atom stereocenters. The van der Waals surface area contributed by atoms with Gasteiger partial charge >= 0.3 is 0 Å². The van der Waals surface area contributed by atoms with Gasteiger partial charge in [-0.2, -0.15) is 0 Å². The number of hydrogen-bond donors (Lipinski definition) is 0. The van der Waals surface area contributed by atoms with E-state index in [-0.39, 0.29) is 11.9 Å². The highest BCUT2D eigenvalue weighted by Gasteiger charge is 2.21. The Morgan fingerprint density at radius 1 is 1.25 bits per heavy atom. The van der Waals surface area contributed by atoms with Gasteiger partial charge in [-0.05, 0) is 38.2 Å². The summed E-state index contributed by atoms with van der Waals surface area (Å²) in [5.74, 6) is 0.919. The van der Waals surface area contributed by atoms with Crippen LogP contribution in [0.25, 0.3) is 10.2 Å². The molecule has 1 aromatic carbocycles. The van der Waals surface area contributed by atoms with Crippen LogP contribution in [0, 0.1) is 0 Å². The number of aromatic nitrogens is 1. The number of nitrogens with zero attached hydrogens (tertiary/aromatic N) is 3. The van der Waals surface area contributed by atoms with Crippen LogP contribution in [-0.2, 0) is 11.3 Å². The molecule has 3 rings (SSSR count). The van der Waals surface area contributed by atoms with Crippen molar-refractivity contribution in [2.45, 2.75) is 19.5 Å². The van der Waals surface area contributed by atoms with Gasteiger partial charge in [0.05, 0.1) is 35.6 Å². The van der Waals surface area contributed by atoms with Gasteiger partial charge in [-0.15, -0.1) is 11.3 Å². The van der Waals surface area contributed by atoms with Crippen LogP contribution in [0.2, 0.25) is 0 Å². The van der Waals surface area contributed by atoms with E-state index in [2.05, 4.69) is 11.1 Å². The monoisotopic (exact) mass is 343 g/mol. The molecule has 126 valence electrons. The number of para-hydroxylation sites is 1. The quantitative estimate of drug-likeness (QED) is 0.687. The Morgan fingerprint density at radius 2 is 2.04 bits per heavy atom. The van der Waals surface area contributed by atoms with Crippen molar-refractivity contribution in [3.05, 3.63) is 53.4 Å². The van der Waals surface area contributed by atoms with Crippen LogP contribution in [0.15, 0.2) is 47.1 Å². The van der Waals surface area contributed by atoms with Gasteiger partial charge in [0.1, 0.15) is 10.8 Å². The third-order valence-electron chi connectivity index (χ3n) is 4.05. The van der Waals surface area contributed by atoms with E-state index in [0.717, 1.165) is 21.0 Å². The molecule has 2 aromatic heterocycles. The molecule has 0 aliphatic rings. The predicted molar refractivity (Wildman–Crippen MR) is 95.8 cm³/mol. The van der Waals surface area contributed by atoms with E-state index >= 15 is 0 Å². The second-order valence-electron chi connectivity index (χ2n) is 5.95. The van der Waals surface area contributed by atoms with E-state index in [1.54, 1.807) is 22.5 Å². The van der Waals surface area contributed by atoms with E-state index in [9.17, 15) is 4.79 Å². The molecule has 5 nitrogen and oxygen atoms in total. The number of fused-ring (bicyclic) bond motifs is 1. The lowest BCUT2D eigenvalue weighted by atomic mass is 10.3. The Labute approximate surface area is 145 Å². The highest BCUT2D eigenvalue weighted by molar-refractivity contribution is 7.18. The lowest BCUT2D eigenvalue weighted by Gasteiger charge is -2.25. The van der Waals surface area contributed by atoms with Crippen LogP contribution in [0.4, 0.5) is 0 Å². The van der Waals surface area contributed by atoms with Gasteiger partial charge in [-0.25, -0.2) is 4.98 Å². The smallest absolute Gasteiger partial charge is 0.237 e. The number of likely N-dealkylation sites (N-methyl/N-ethyl adjacent to an activating group) is 2. The average Bonchev–Trinajstić information content (AvgIpc) is 3.22. The number of hydrogen-bond acceptors (Lipinski definition) is 5. The number of carbonyl (C=O) groups is 1. The molecular formula is C18H21N3O2S. The fraction of sp³-hybridized carbons (Fsp3) is 0.333. The minimum Gasteiger partial charge on any atom is -0.468 e. The second kappa shape index (κ2) is 7.15. The number of benzene rings is 1. The SMILES string of the molecule is C[C@H](c1nc2ccccc2s1)N(C)C(=O)CN(C)Cc1ccco1. The fourth-order valence-electron chi connectivity index (χ4n) is 2.52. The number of carbonyl (C=O) groups excluding carboxylic acids is 1. The normalized spacial score (nSPS) is 12.7. The Morgan fingerprint density at radius 3 is 2.75 bits per heavy atom. The first-order valence-electron chi connectivity index (χ1n) is 7.86. The summed E-state index contributed by atoms with van der Waals surface area (Å²) >= 11 is 1.64. The van der Waals surface area contributed by atoms with Gasteiger partial charge in [0, 0.05) is 7.05 Å². The summed E-state index contributed by atoms with van der Waals surface area (Å²) in [5, 5.41) is 0.959. The first kappa shape index (κ1) is 16.7. The lowest BCUT2D eigenvalue weighted by molar-refractivity contribution is -0.132. The predicted octanol–water partition coefficient (Wildman–Crippen LogP) is 3.54. The molecule has 1 amide bonds. The molecule has 6 heteroatoms. The second-order valence-corrected chi connectivity index (χ2v) is 7.01. The van der Waals surface area contributed by atoms with Crippen LogP contribution in [-0.4, -0.2) is 41.3 Å². The lowest BCUT2D eigenvalue weighted by Crippen LogP contribution is -2.37. The molecule has 2 heterocycles. The molecule has 24 heavy (non-hydrogen) atoms. The summed E-state index contributed by atoms with van der Waals surface area (Å²) in [6, 6.07) is 11.8. The molecular weight excluding hydrogens is 322 g/mol. The number of furan rings is 1. The summed E-state index contributed by atoms with van der Waals surface area (Å²) in [5.41, 5.74) is 0.986. The van der Waals surface area contributed by atoms with Gasteiger partial charge < -0.3 is 9.32 Å². The van der Waals surface area contributed by atoms with Gasteiger partial charge in [0.15, 0.2) is 0 Å². The van der Waals surface area contributed by atoms with Crippen molar-refractivity contribution < 1.29 is 9.21 Å². The van der Waals surface area contributed by atoms with Crippen molar-refractivity contribution in [3.8, 4) is 0 Å². The minimum absolute atomic E-state index is 0.0492. The summed E-state index contributed by atoms with van der Waals surface area (Å²) in [4.78, 5) is 20.9. The molecule has 0 unspecified atom stereocenters. The van der Waals surface area contributed by atoms with Crippen LogP contribution in [0.1, 0.15) is 23.7 Å². The Kier molecular flexibility index (Phi) is 4.97. The first-order chi connectivity index (χ1) is 11.5. The van der Waals surface area contributed by atoms with Crippen molar-refractivity contribution in [1.29, 1.82) is 0 Å². The average molecular weight is 343 g/mol.